The van der Waals surface area contributed by atoms with Crippen molar-refractivity contribution in [2.75, 3.05) is 0 Å². The van der Waals surface area contributed by atoms with E-state index in [0.29, 0.717) is 5.92 Å². The maximum Gasteiger partial charge on any atom is 0.0440 e. The van der Waals surface area contributed by atoms with E-state index < -0.39 is 0 Å². The van der Waals surface area contributed by atoms with Gasteiger partial charge in [-0.2, -0.15) is 0 Å². The Morgan fingerprint density at radius 1 is 1.19 bits per heavy atom. The third-order valence-electron chi connectivity index (χ3n) is 3.49. The van der Waals surface area contributed by atoms with E-state index in [-0.39, 0.29) is 0 Å². The molecule has 82 valence electrons. The molecule has 1 aromatic heterocycles. The first-order valence-corrected chi connectivity index (χ1v) is 6.12. The number of hydrogen-bond acceptors (Lipinski definition) is 0. The van der Waals surface area contributed by atoms with E-state index in [4.69, 9.17) is 11.6 Å². The zero-order valence-electron chi connectivity index (χ0n) is 9.04. The van der Waals surface area contributed by atoms with Crippen molar-refractivity contribution in [3.8, 4) is 0 Å². The first kappa shape index (κ1) is 9.98. The Kier molecular flexibility index (Phi) is 2.49. The summed E-state index contributed by atoms with van der Waals surface area (Å²) >= 11 is 6.26. The van der Waals surface area contributed by atoms with E-state index in [2.05, 4.69) is 29.2 Å². The van der Waals surface area contributed by atoms with E-state index in [1.807, 2.05) is 12.3 Å². The minimum Gasteiger partial charge on any atom is -0.365 e. The van der Waals surface area contributed by atoms with Crippen molar-refractivity contribution >= 4 is 11.6 Å². The van der Waals surface area contributed by atoms with Gasteiger partial charge in [0.05, 0.1) is 0 Å². The molecule has 0 bridgehead atoms. The Labute approximate surface area is 100 Å². The van der Waals surface area contributed by atoms with Gasteiger partial charge in [0.25, 0.3) is 0 Å². The molecule has 1 atom stereocenters. The lowest BCUT2D eigenvalue weighted by atomic mass is 9.82. The maximum absolute atomic E-state index is 6.26. The number of H-pyrrole nitrogens is 1. The number of hydrogen-bond donors (Lipinski definition) is 1. The average Bonchev–Trinajstić information content (AvgIpc) is 2.83. The smallest absolute Gasteiger partial charge is 0.0440 e. The highest BCUT2D eigenvalue weighted by Gasteiger charge is 2.22. The highest BCUT2D eigenvalue weighted by Crippen LogP contribution is 2.35. The number of benzene rings is 1. The molecule has 0 fully saturated rings. The molecule has 1 aromatic carbocycles. The molecule has 1 aliphatic rings. The molecule has 3 rings (SSSR count). The molecule has 0 spiro atoms. The van der Waals surface area contributed by atoms with Crippen LogP contribution >= 0.6 is 11.6 Å². The summed E-state index contributed by atoms with van der Waals surface area (Å²) in [6.45, 7) is 0. The molecular formula is C14H14ClN. The molecular weight excluding hydrogens is 218 g/mol. The van der Waals surface area contributed by atoms with Crippen molar-refractivity contribution in [1.29, 1.82) is 0 Å². The number of nitrogens with one attached hydrogen (secondary N) is 1. The Bertz CT molecular complexity index is 487. The molecule has 1 N–H and O–H groups in total. The fourth-order valence-corrected chi connectivity index (χ4v) is 2.88. The summed E-state index contributed by atoms with van der Waals surface area (Å²) in [4.78, 5) is 3.31. The Hall–Kier alpha value is -1.21. The summed E-state index contributed by atoms with van der Waals surface area (Å²) in [5, 5.41) is 0.925. The predicted octanol–water partition coefficient (Wildman–Crippen LogP) is 3.94. The standard InChI is InChI=1S/C14H14ClN/c15-13-4-1-3-10-6-7-11(9-12(10)13)14-5-2-8-16-14/h1-5,8,11,16H,6-7,9H2. The van der Waals surface area contributed by atoms with Crippen LogP contribution in [0.4, 0.5) is 0 Å². The Morgan fingerprint density at radius 2 is 2.12 bits per heavy atom. The molecule has 0 aliphatic heterocycles. The molecule has 2 aromatic rings. The van der Waals surface area contributed by atoms with Crippen molar-refractivity contribution in [2.24, 2.45) is 0 Å². The lowest BCUT2D eigenvalue weighted by molar-refractivity contribution is 0.574. The van der Waals surface area contributed by atoms with Gasteiger partial charge in [-0.05, 0) is 48.6 Å². The first-order chi connectivity index (χ1) is 7.84. The molecule has 1 aliphatic carbocycles. The molecule has 0 saturated carbocycles. The molecule has 0 amide bonds. The number of aromatic nitrogens is 1. The lowest BCUT2D eigenvalue weighted by Crippen LogP contribution is -2.13. The van der Waals surface area contributed by atoms with E-state index in [0.717, 1.165) is 17.9 Å². The third-order valence-corrected chi connectivity index (χ3v) is 3.84. The number of halogens is 1. The van der Waals surface area contributed by atoms with E-state index >= 15 is 0 Å². The summed E-state index contributed by atoms with van der Waals surface area (Å²) in [5.74, 6) is 0.599. The molecule has 1 heterocycles. The second-order valence-electron chi connectivity index (χ2n) is 4.44. The number of aromatic amines is 1. The van der Waals surface area contributed by atoms with Crippen LogP contribution < -0.4 is 0 Å². The van der Waals surface area contributed by atoms with E-state index in [9.17, 15) is 0 Å². The monoisotopic (exact) mass is 231 g/mol. The van der Waals surface area contributed by atoms with Gasteiger partial charge < -0.3 is 4.98 Å². The van der Waals surface area contributed by atoms with Crippen LogP contribution in [0.25, 0.3) is 0 Å². The molecule has 0 radical (unpaired) electrons. The van der Waals surface area contributed by atoms with Crippen molar-refractivity contribution in [3.63, 3.8) is 0 Å². The predicted molar refractivity (Wildman–Crippen MR) is 67.0 cm³/mol. The van der Waals surface area contributed by atoms with Gasteiger partial charge in [-0.25, -0.2) is 0 Å². The molecule has 1 unspecified atom stereocenters. The number of rotatable bonds is 1. The summed E-state index contributed by atoms with van der Waals surface area (Å²) in [6.07, 6.45) is 5.42. The largest absolute Gasteiger partial charge is 0.365 e. The fourth-order valence-electron chi connectivity index (χ4n) is 2.61. The van der Waals surface area contributed by atoms with Crippen LogP contribution in [0, 0.1) is 0 Å². The Morgan fingerprint density at radius 3 is 2.94 bits per heavy atom. The van der Waals surface area contributed by atoms with E-state index in [1.54, 1.807) is 0 Å². The fraction of sp³-hybridized carbons (Fsp3) is 0.286. The molecule has 16 heavy (non-hydrogen) atoms. The normalized spacial score (nSPS) is 19.4. The van der Waals surface area contributed by atoms with Gasteiger partial charge in [-0.15, -0.1) is 0 Å². The third kappa shape index (κ3) is 1.65. The Balaban J connectivity index is 1.94. The second-order valence-corrected chi connectivity index (χ2v) is 4.85. The van der Waals surface area contributed by atoms with Gasteiger partial charge in [-0.1, -0.05) is 23.7 Å². The summed E-state index contributed by atoms with van der Waals surface area (Å²) in [7, 11) is 0. The van der Waals surface area contributed by atoms with Crippen LogP contribution in [0.5, 0.6) is 0 Å². The van der Waals surface area contributed by atoms with Crippen LogP contribution in [0.2, 0.25) is 5.02 Å². The lowest BCUT2D eigenvalue weighted by Gasteiger charge is -2.24. The van der Waals surface area contributed by atoms with Gasteiger partial charge in [0, 0.05) is 22.8 Å². The minimum atomic E-state index is 0.599. The zero-order valence-corrected chi connectivity index (χ0v) is 9.80. The quantitative estimate of drug-likeness (QED) is 0.765. The topological polar surface area (TPSA) is 15.8 Å². The zero-order chi connectivity index (χ0) is 11.0. The highest BCUT2D eigenvalue weighted by molar-refractivity contribution is 6.31. The van der Waals surface area contributed by atoms with Crippen molar-refractivity contribution in [3.05, 3.63) is 58.4 Å². The van der Waals surface area contributed by atoms with Gasteiger partial charge in [0.2, 0.25) is 0 Å². The van der Waals surface area contributed by atoms with Gasteiger partial charge >= 0.3 is 0 Å². The SMILES string of the molecule is Clc1cccc2c1CC(c1ccc[nH]1)CC2. The average molecular weight is 232 g/mol. The van der Waals surface area contributed by atoms with Crippen LogP contribution in [0.15, 0.2) is 36.5 Å². The summed E-state index contributed by atoms with van der Waals surface area (Å²) in [5.41, 5.74) is 4.11. The van der Waals surface area contributed by atoms with Crippen LogP contribution in [0.3, 0.4) is 0 Å². The molecule has 1 nitrogen and oxygen atoms in total. The van der Waals surface area contributed by atoms with Crippen molar-refractivity contribution in [2.45, 2.75) is 25.2 Å². The van der Waals surface area contributed by atoms with Crippen molar-refractivity contribution < 1.29 is 0 Å². The van der Waals surface area contributed by atoms with Crippen molar-refractivity contribution in [1.82, 2.24) is 4.98 Å². The minimum absolute atomic E-state index is 0.599. The van der Waals surface area contributed by atoms with Gasteiger partial charge in [-0.3, -0.25) is 0 Å². The molecule has 2 heteroatoms. The van der Waals surface area contributed by atoms with E-state index in [1.165, 1.54) is 23.2 Å². The van der Waals surface area contributed by atoms with Gasteiger partial charge in [0.1, 0.15) is 0 Å². The first-order valence-electron chi connectivity index (χ1n) is 5.74. The van der Waals surface area contributed by atoms with Crippen LogP contribution in [-0.2, 0) is 12.8 Å². The summed E-state index contributed by atoms with van der Waals surface area (Å²) in [6, 6.07) is 10.5. The number of aryl methyl sites for hydroxylation is 1. The van der Waals surface area contributed by atoms with Crippen LogP contribution in [0.1, 0.15) is 29.2 Å². The number of fused-ring (bicyclic) bond motifs is 1. The summed E-state index contributed by atoms with van der Waals surface area (Å²) < 4.78 is 0. The highest BCUT2D eigenvalue weighted by atomic mass is 35.5. The molecule has 0 saturated heterocycles. The second kappa shape index (κ2) is 3.99. The maximum atomic E-state index is 6.26. The van der Waals surface area contributed by atoms with Gasteiger partial charge in [0.15, 0.2) is 0 Å². The van der Waals surface area contributed by atoms with Crippen LogP contribution in [-0.4, -0.2) is 4.98 Å².